The Balaban J connectivity index is 2.58. The van der Waals surface area contributed by atoms with Crippen LogP contribution in [0.3, 0.4) is 0 Å². The SMILES string of the molecule is CC(=O)OC1C(O)[C@@H](CO)O[C@H]1O. The number of rotatable bonds is 2. The van der Waals surface area contributed by atoms with E-state index in [9.17, 15) is 9.90 Å². The Morgan fingerprint density at radius 3 is 2.54 bits per heavy atom. The molecule has 0 aromatic heterocycles. The molecule has 4 atom stereocenters. The van der Waals surface area contributed by atoms with Crippen LogP contribution < -0.4 is 0 Å². The van der Waals surface area contributed by atoms with Crippen LogP contribution in [0.1, 0.15) is 6.92 Å². The van der Waals surface area contributed by atoms with Gasteiger partial charge in [-0.1, -0.05) is 0 Å². The Morgan fingerprint density at radius 2 is 2.15 bits per heavy atom. The summed E-state index contributed by atoms with van der Waals surface area (Å²) >= 11 is 0. The maximum absolute atomic E-state index is 10.5. The van der Waals surface area contributed by atoms with Crippen LogP contribution >= 0.6 is 0 Å². The summed E-state index contributed by atoms with van der Waals surface area (Å²) in [4.78, 5) is 10.5. The molecule has 0 aromatic rings. The normalized spacial score (nSPS) is 39.1. The number of carbonyl (C=O) groups is 1. The highest BCUT2D eigenvalue weighted by molar-refractivity contribution is 5.66. The van der Waals surface area contributed by atoms with Crippen molar-refractivity contribution in [3.63, 3.8) is 0 Å². The summed E-state index contributed by atoms with van der Waals surface area (Å²) in [7, 11) is 0. The summed E-state index contributed by atoms with van der Waals surface area (Å²) in [6.07, 6.45) is -4.59. The number of esters is 1. The van der Waals surface area contributed by atoms with Gasteiger partial charge in [-0.05, 0) is 0 Å². The predicted octanol–water partition coefficient (Wildman–Crippen LogP) is -2.01. The van der Waals surface area contributed by atoms with Gasteiger partial charge in [-0.25, -0.2) is 0 Å². The zero-order valence-electron chi connectivity index (χ0n) is 7.08. The molecule has 0 radical (unpaired) electrons. The first kappa shape index (κ1) is 10.4. The van der Waals surface area contributed by atoms with E-state index in [1.165, 1.54) is 0 Å². The van der Waals surface area contributed by atoms with Crippen LogP contribution in [0.25, 0.3) is 0 Å². The van der Waals surface area contributed by atoms with Gasteiger partial charge in [0.2, 0.25) is 0 Å². The summed E-state index contributed by atoms with van der Waals surface area (Å²) in [5, 5.41) is 27.2. The second-order valence-corrected chi connectivity index (χ2v) is 2.81. The van der Waals surface area contributed by atoms with Crippen molar-refractivity contribution < 1.29 is 29.6 Å². The van der Waals surface area contributed by atoms with Crippen LogP contribution in [0.2, 0.25) is 0 Å². The smallest absolute Gasteiger partial charge is 0.303 e. The number of hydrogen-bond donors (Lipinski definition) is 3. The van der Waals surface area contributed by atoms with Crippen molar-refractivity contribution in [3.05, 3.63) is 0 Å². The van der Waals surface area contributed by atoms with Crippen molar-refractivity contribution in [2.24, 2.45) is 0 Å². The zero-order valence-corrected chi connectivity index (χ0v) is 7.08. The molecule has 6 heteroatoms. The summed E-state index contributed by atoms with van der Waals surface area (Å²) in [5.74, 6) is -0.620. The summed E-state index contributed by atoms with van der Waals surface area (Å²) in [5.41, 5.74) is 0. The molecule has 13 heavy (non-hydrogen) atoms. The van der Waals surface area contributed by atoms with Gasteiger partial charge in [0.25, 0.3) is 0 Å². The lowest BCUT2D eigenvalue weighted by molar-refractivity contribution is -0.170. The fourth-order valence-electron chi connectivity index (χ4n) is 1.19. The third kappa shape index (κ3) is 2.16. The van der Waals surface area contributed by atoms with Gasteiger partial charge in [0.05, 0.1) is 6.61 Å². The van der Waals surface area contributed by atoms with Crippen LogP contribution in [0.5, 0.6) is 0 Å². The van der Waals surface area contributed by atoms with Crippen molar-refractivity contribution in [3.8, 4) is 0 Å². The van der Waals surface area contributed by atoms with Gasteiger partial charge < -0.3 is 24.8 Å². The topological polar surface area (TPSA) is 96.2 Å². The summed E-state index contributed by atoms with van der Waals surface area (Å²) < 4.78 is 9.31. The minimum absolute atomic E-state index is 0.435. The van der Waals surface area contributed by atoms with Crippen molar-refractivity contribution in [2.45, 2.75) is 31.5 Å². The molecule has 3 N–H and O–H groups in total. The molecular weight excluding hydrogens is 180 g/mol. The molecule has 1 aliphatic heterocycles. The molecule has 0 aromatic carbocycles. The lowest BCUT2D eigenvalue weighted by Gasteiger charge is -2.16. The monoisotopic (exact) mass is 192 g/mol. The van der Waals surface area contributed by atoms with Crippen molar-refractivity contribution in [1.82, 2.24) is 0 Å². The van der Waals surface area contributed by atoms with Gasteiger partial charge in [-0.3, -0.25) is 4.79 Å². The Morgan fingerprint density at radius 1 is 1.54 bits per heavy atom. The number of carbonyl (C=O) groups excluding carboxylic acids is 1. The Hall–Kier alpha value is -0.690. The lowest BCUT2D eigenvalue weighted by Crippen LogP contribution is -2.37. The third-order valence-corrected chi connectivity index (χ3v) is 1.79. The highest BCUT2D eigenvalue weighted by atomic mass is 16.7. The largest absolute Gasteiger partial charge is 0.454 e. The molecule has 1 heterocycles. The van der Waals surface area contributed by atoms with Gasteiger partial charge in [0, 0.05) is 6.92 Å². The van der Waals surface area contributed by atoms with Gasteiger partial charge >= 0.3 is 5.97 Å². The van der Waals surface area contributed by atoms with E-state index in [0.29, 0.717) is 0 Å². The van der Waals surface area contributed by atoms with Gasteiger partial charge in [0.1, 0.15) is 12.2 Å². The first-order chi connectivity index (χ1) is 6.06. The number of aliphatic hydroxyl groups is 3. The molecule has 1 aliphatic rings. The zero-order chi connectivity index (χ0) is 10.0. The third-order valence-electron chi connectivity index (χ3n) is 1.79. The van der Waals surface area contributed by atoms with E-state index in [4.69, 9.17) is 14.9 Å². The lowest BCUT2D eigenvalue weighted by atomic mass is 10.1. The maximum atomic E-state index is 10.5. The second kappa shape index (κ2) is 4.01. The molecule has 1 rings (SSSR count). The Kier molecular flexibility index (Phi) is 3.21. The average molecular weight is 192 g/mol. The fraction of sp³-hybridized carbons (Fsp3) is 0.857. The molecule has 0 spiro atoms. The summed E-state index contributed by atoms with van der Waals surface area (Å²) in [6, 6.07) is 0. The summed E-state index contributed by atoms with van der Waals surface area (Å²) in [6.45, 7) is 0.724. The Labute approximate surface area is 74.7 Å². The number of aliphatic hydroxyl groups excluding tert-OH is 3. The number of ether oxygens (including phenoxy) is 2. The van der Waals surface area contributed by atoms with Crippen molar-refractivity contribution in [2.75, 3.05) is 6.61 Å². The molecular formula is C7H12O6. The predicted molar refractivity (Wildman–Crippen MR) is 39.5 cm³/mol. The quantitative estimate of drug-likeness (QED) is 0.437. The molecule has 6 nitrogen and oxygen atoms in total. The number of hydrogen-bond acceptors (Lipinski definition) is 6. The highest BCUT2D eigenvalue weighted by Gasteiger charge is 2.44. The molecule has 76 valence electrons. The van der Waals surface area contributed by atoms with Crippen molar-refractivity contribution in [1.29, 1.82) is 0 Å². The molecule has 2 unspecified atom stereocenters. The standard InChI is InChI=1S/C7H12O6/c1-3(9)12-6-5(10)4(2-8)13-7(6)11/h4-8,10-11H,2H2,1H3/t4-,5?,6?,7-/m1/s1. The van der Waals surface area contributed by atoms with E-state index in [1.54, 1.807) is 0 Å². The molecule has 1 saturated heterocycles. The Bertz CT molecular complexity index is 193. The molecule has 0 saturated carbocycles. The van der Waals surface area contributed by atoms with E-state index in [1.807, 2.05) is 0 Å². The van der Waals surface area contributed by atoms with E-state index in [0.717, 1.165) is 6.92 Å². The minimum atomic E-state index is -1.38. The van der Waals surface area contributed by atoms with Crippen LogP contribution in [-0.4, -0.2) is 52.5 Å². The minimum Gasteiger partial charge on any atom is -0.454 e. The van der Waals surface area contributed by atoms with Gasteiger partial charge in [-0.15, -0.1) is 0 Å². The van der Waals surface area contributed by atoms with Crippen LogP contribution in [0.4, 0.5) is 0 Å². The maximum Gasteiger partial charge on any atom is 0.303 e. The van der Waals surface area contributed by atoms with E-state index >= 15 is 0 Å². The molecule has 1 fully saturated rings. The molecule has 0 aliphatic carbocycles. The van der Waals surface area contributed by atoms with Crippen LogP contribution in [0.15, 0.2) is 0 Å². The van der Waals surface area contributed by atoms with Gasteiger partial charge in [0.15, 0.2) is 12.4 Å². The van der Waals surface area contributed by atoms with E-state index < -0.39 is 37.2 Å². The van der Waals surface area contributed by atoms with E-state index in [2.05, 4.69) is 4.74 Å². The molecule has 0 bridgehead atoms. The van der Waals surface area contributed by atoms with E-state index in [-0.39, 0.29) is 0 Å². The van der Waals surface area contributed by atoms with Gasteiger partial charge in [-0.2, -0.15) is 0 Å². The van der Waals surface area contributed by atoms with Crippen LogP contribution in [-0.2, 0) is 14.3 Å². The second-order valence-electron chi connectivity index (χ2n) is 2.81. The average Bonchev–Trinajstić information content (AvgIpc) is 2.31. The first-order valence-corrected chi connectivity index (χ1v) is 3.86. The molecule has 0 amide bonds. The highest BCUT2D eigenvalue weighted by Crippen LogP contribution is 2.22. The van der Waals surface area contributed by atoms with Crippen molar-refractivity contribution >= 4 is 5.97 Å². The first-order valence-electron chi connectivity index (χ1n) is 3.86. The fourth-order valence-corrected chi connectivity index (χ4v) is 1.19. The van der Waals surface area contributed by atoms with Crippen LogP contribution in [0, 0.1) is 0 Å².